The van der Waals surface area contributed by atoms with E-state index in [2.05, 4.69) is 34.4 Å². The lowest BCUT2D eigenvalue weighted by molar-refractivity contribution is -0.115. The SMILES string of the molecule is Cc1c(C(=O)NCc2cnc(-c3ccc(OC4CCN(C(C)C)CC4)cc3)s2)ccc2c1NCC1=C(C=CCC1=O)O2. The number of ketones is 1. The van der Waals surface area contributed by atoms with Crippen LogP contribution in [0.1, 0.15) is 53.9 Å². The van der Waals surface area contributed by atoms with Gasteiger partial charge >= 0.3 is 0 Å². The molecule has 0 spiro atoms. The topological polar surface area (TPSA) is 92.8 Å². The molecular formula is C33H36N4O4S. The summed E-state index contributed by atoms with van der Waals surface area (Å²) in [5, 5.41) is 7.24. The number of fused-ring (bicyclic) bond motifs is 1. The maximum absolute atomic E-state index is 13.2. The van der Waals surface area contributed by atoms with Crippen LogP contribution in [0, 0.1) is 6.92 Å². The van der Waals surface area contributed by atoms with Gasteiger partial charge in [-0.15, -0.1) is 11.3 Å². The maximum atomic E-state index is 13.2. The molecule has 3 aliphatic rings. The zero-order chi connectivity index (χ0) is 29.2. The quantitative estimate of drug-likeness (QED) is 0.358. The summed E-state index contributed by atoms with van der Waals surface area (Å²) in [5.41, 5.74) is 3.72. The Morgan fingerprint density at radius 3 is 2.74 bits per heavy atom. The van der Waals surface area contributed by atoms with Gasteiger partial charge in [0.1, 0.15) is 22.6 Å². The number of thiazole rings is 1. The van der Waals surface area contributed by atoms with Crippen LogP contribution in [0.3, 0.4) is 0 Å². The molecule has 9 heteroatoms. The Balaban J connectivity index is 1.05. The normalized spacial score (nSPS) is 17.3. The van der Waals surface area contributed by atoms with Gasteiger partial charge in [-0.05, 0) is 81.7 Å². The molecule has 1 aromatic heterocycles. The molecule has 2 N–H and O–H groups in total. The summed E-state index contributed by atoms with van der Waals surface area (Å²) in [7, 11) is 0. The Bertz CT molecular complexity index is 1550. The number of likely N-dealkylation sites (tertiary alicyclic amines) is 1. The van der Waals surface area contributed by atoms with Gasteiger partial charge in [-0.25, -0.2) is 4.98 Å². The van der Waals surface area contributed by atoms with Gasteiger partial charge in [-0.3, -0.25) is 9.59 Å². The number of benzene rings is 2. The van der Waals surface area contributed by atoms with E-state index in [9.17, 15) is 9.59 Å². The van der Waals surface area contributed by atoms with E-state index in [-0.39, 0.29) is 17.8 Å². The fourth-order valence-corrected chi connectivity index (χ4v) is 6.47. The molecule has 0 radical (unpaired) electrons. The van der Waals surface area contributed by atoms with E-state index in [1.54, 1.807) is 23.5 Å². The molecular weight excluding hydrogens is 548 g/mol. The number of piperidine rings is 1. The molecule has 1 amide bonds. The van der Waals surface area contributed by atoms with Crippen LogP contribution < -0.4 is 20.1 Å². The third-order valence-electron chi connectivity index (χ3n) is 8.13. The fraction of sp³-hybridized carbons (Fsp3) is 0.364. The van der Waals surface area contributed by atoms with Crippen molar-refractivity contribution in [2.75, 3.05) is 25.0 Å². The zero-order valence-electron chi connectivity index (χ0n) is 24.2. The smallest absolute Gasteiger partial charge is 0.251 e. The predicted octanol–water partition coefficient (Wildman–Crippen LogP) is 5.89. The first-order chi connectivity index (χ1) is 20.4. The van der Waals surface area contributed by atoms with E-state index in [4.69, 9.17) is 9.47 Å². The lowest BCUT2D eigenvalue weighted by atomic mass is 10.0. The average Bonchev–Trinajstić information content (AvgIpc) is 3.37. The number of anilines is 1. The van der Waals surface area contributed by atoms with Crippen molar-refractivity contribution in [1.29, 1.82) is 0 Å². The molecule has 1 saturated heterocycles. The van der Waals surface area contributed by atoms with Crippen LogP contribution in [0.4, 0.5) is 5.69 Å². The number of carbonyl (C=O) groups excluding carboxylic acids is 2. The summed E-state index contributed by atoms with van der Waals surface area (Å²) in [6.45, 7) is 9.28. The van der Waals surface area contributed by atoms with E-state index in [0.29, 0.717) is 48.2 Å². The second-order valence-electron chi connectivity index (χ2n) is 11.2. The lowest BCUT2D eigenvalue weighted by Gasteiger charge is -2.34. The molecule has 42 heavy (non-hydrogen) atoms. The van der Waals surface area contributed by atoms with Crippen LogP contribution in [0.5, 0.6) is 11.5 Å². The number of rotatable bonds is 7. The van der Waals surface area contributed by atoms with Crippen LogP contribution in [0.25, 0.3) is 10.6 Å². The van der Waals surface area contributed by atoms with E-state index in [1.807, 2.05) is 49.5 Å². The summed E-state index contributed by atoms with van der Waals surface area (Å²) in [4.78, 5) is 33.5. The Morgan fingerprint density at radius 2 is 1.98 bits per heavy atom. The van der Waals surface area contributed by atoms with Gasteiger partial charge in [0.05, 0.1) is 17.8 Å². The molecule has 0 bridgehead atoms. The number of ether oxygens (including phenoxy) is 2. The first-order valence-corrected chi connectivity index (χ1v) is 15.4. The molecule has 1 fully saturated rings. The average molecular weight is 585 g/mol. The number of allylic oxidation sites excluding steroid dienone is 2. The maximum Gasteiger partial charge on any atom is 0.251 e. The Labute approximate surface area is 250 Å². The lowest BCUT2D eigenvalue weighted by Crippen LogP contribution is -2.41. The highest BCUT2D eigenvalue weighted by molar-refractivity contribution is 7.15. The minimum Gasteiger partial charge on any atom is -0.490 e. The van der Waals surface area contributed by atoms with Crippen LogP contribution in [0.15, 0.2) is 66.1 Å². The number of nitrogens with zero attached hydrogens (tertiary/aromatic N) is 2. The van der Waals surface area contributed by atoms with Crippen molar-refractivity contribution in [3.05, 3.63) is 82.1 Å². The van der Waals surface area contributed by atoms with Gasteiger partial charge in [-0.1, -0.05) is 6.08 Å². The second kappa shape index (κ2) is 12.1. The van der Waals surface area contributed by atoms with Crippen molar-refractivity contribution in [3.63, 3.8) is 0 Å². The number of aromatic nitrogens is 1. The van der Waals surface area contributed by atoms with Crippen LogP contribution in [-0.2, 0) is 11.3 Å². The summed E-state index contributed by atoms with van der Waals surface area (Å²) >= 11 is 1.56. The van der Waals surface area contributed by atoms with Gasteiger partial charge in [0.25, 0.3) is 5.91 Å². The van der Waals surface area contributed by atoms with E-state index in [1.165, 1.54) is 0 Å². The Morgan fingerprint density at radius 1 is 1.19 bits per heavy atom. The number of Topliss-reactive ketones (excluding diaryl/α,β-unsaturated/α-hetero) is 1. The molecule has 218 valence electrons. The van der Waals surface area contributed by atoms with E-state index >= 15 is 0 Å². The van der Waals surface area contributed by atoms with Crippen LogP contribution in [-0.4, -0.2) is 53.4 Å². The summed E-state index contributed by atoms with van der Waals surface area (Å²) in [6.07, 6.45) is 8.20. The first-order valence-electron chi connectivity index (χ1n) is 14.6. The zero-order valence-corrected chi connectivity index (χ0v) is 25.1. The Hall–Kier alpha value is -3.95. The highest BCUT2D eigenvalue weighted by Gasteiger charge is 2.25. The molecule has 8 nitrogen and oxygen atoms in total. The van der Waals surface area contributed by atoms with Gasteiger partial charge in [0.2, 0.25) is 0 Å². The fourth-order valence-electron chi connectivity index (χ4n) is 5.61. The number of nitrogens with one attached hydrogen (secondary N) is 2. The third kappa shape index (κ3) is 5.98. The molecule has 0 saturated carbocycles. The molecule has 3 heterocycles. The van der Waals surface area contributed by atoms with Crippen molar-refractivity contribution in [1.82, 2.24) is 15.2 Å². The molecule has 6 rings (SSSR count). The van der Waals surface area contributed by atoms with Crippen LogP contribution in [0.2, 0.25) is 0 Å². The van der Waals surface area contributed by atoms with Crippen molar-refractivity contribution in [3.8, 4) is 22.1 Å². The first kappa shape index (κ1) is 28.2. The molecule has 2 aliphatic heterocycles. The number of carbonyl (C=O) groups is 2. The molecule has 3 aromatic rings. The number of amides is 1. The van der Waals surface area contributed by atoms with Crippen molar-refractivity contribution < 1.29 is 19.1 Å². The van der Waals surface area contributed by atoms with E-state index in [0.717, 1.165) is 58.4 Å². The second-order valence-corrected chi connectivity index (χ2v) is 12.3. The van der Waals surface area contributed by atoms with Gasteiger partial charge < -0.3 is 25.0 Å². The summed E-state index contributed by atoms with van der Waals surface area (Å²) in [6, 6.07) is 12.3. The van der Waals surface area contributed by atoms with Crippen molar-refractivity contribution in [2.24, 2.45) is 0 Å². The highest BCUT2D eigenvalue weighted by atomic mass is 32.1. The van der Waals surface area contributed by atoms with Crippen molar-refractivity contribution >= 4 is 28.7 Å². The molecule has 1 aliphatic carbocycles. The summed E-state index contributed by atoms with van der Waals surface area (Å²) in [5.74, 6) is 1.94. The molecule has 0 unspecified atom stereocenters. The monoisotopic (exact) mass is 584 g/mol. The Kier molecular flexibility index (Phi) is 8.13. The van der Waals surface area contributed by atoms with E-state index < -0.39 is 0 Å². The number of hydrogen-bond donors (Lipinski definition) is 2. The molecule has 2 aromatic carbocycles. The highest BCUT2D eigenvalue weighted by Crippen LogP contribution is 2.36. The van der Waals surface area contributed by atoms with Crippen molar-refractivity contribution in [2.45, 2.75) is 58.7 Å². The minimum atomic E-state index is -0.175. The third-order valence-corrected chi connectivity index (χ3v) is 9.17. The van der Waals surface area contributed by atoms with Crippen LogP contribution >= 0.6 is 11.3 Å². The standard InChI is InChI=1S/C33H36N4O4S/c1-20(2)37-15-13-24(14-16-37)40-23-9-7-22(8-10-23)33-36-18-25(42-33)17-35-32(39)26-11-12-30-31(21(26)3)34-19-27-28(38)5-4-6-29(27)41-30/h4,6-12,18,20,24,34H,5,13-17,19H2,1-3H3,(H,35,39). The predicted molar refractivity (Wildman–Crippen MR) is 165 cm³/mol. The minimum absolute atomic E-state index is 0.0504. The molecule has 0 atom stereocenters. The van der Waals surface area contributed by atoms with Gasteiger partial charge in [0, 0.05) is 54.3 Å². The largest absolute Gasteiger partial charge is 0.490 e. The van der Waals surface area contributed by atoms with Gasteiger partial charge in [-0.2, -0.15) is 0 Å². The number of hydrogen-bond acceptors (Lipinski definition) is 8. The summed E-state index contributed by atoms with van der Waals surface area (Å²) < 4.78 is 12.3. The van der Waals surface area contributed by atoms with Gasteiger partial charge in [0.15, 0.2) is 11.5 Å².